The van der Waals surface area contributed by atoms with Gasteiger partial charge in [-0.15, -0.1) is 0 Å². The van der Waals surface area contributed by atoms with Crippen molar-refractivity contribution >= 4 is 5.78 Å². The van der Waals surface area contributed by atoms with Gasteiger partial charge in [0.25, 0.3) is 0 Å². The van der Waals surface area contributed by atoms with Gasteiger partial charge in [0, 0.05) is 11.6 Å². The number of hydrogen-bond acceptors (Lipinski definition) is 15. The minimum absolute atomic E-state index is 0.0353. The predicted molar refractivity (Wildman–Crippen MR) is 133 cm³/mol. The zero-order chi connectivity index (χ0) is 30.2. The second-order valence-corrected chi connectivity index (χ2v) is 9.67. The molecule has 226 valence electrons. The molecule has 10 N–H and O–H groups in total. The van der Waals surface area contributed by atoms with Gasteiger partial charge < -0.3 is 70.0 Å². The van der Waals surface area contributed by atoms with Crippen molar-refractivity contribution in [1.82, 2.24) is 0 Å². The molecule has 2 aliphatic rings. The Bertz CT molecular complexity index is 1220. The summed E-state index contributed by atoms with van der Waals surface area (Å²) in [5.41, 5.74) is -1.03. The summed E-state index contributed by atoms with van der Waals surface area (Å²) < 4.78 is 22.1. The number of phenols is 3. The van der Waals surface area contributed by atoms with Gasteiger partial charge in [0.1, 0.15) is 83.5 Å². The summed E-state index contributed by atoms with van der Waals surface area (Å²) >= 11 is 0. The zero-order valence-corrected chi connectivity index (χ0v) is 21.6. The molecule has 2 aromatic carbocycles. The van der Waals surface area contributed by atoms with E-state index in [1.165, 1.54) is 24.3 Å². The zero-order valence-electron chi connectivity index (χ0n) is 21.6. The van der Waals surface area contributed by atoms with Gasteiger partial charge in [-0.3, -0.25) is 4.79 Å². The van der Waals surface area contributed by atoms with E-state index < -0.39 is 97.3 Å². The van der Waals surface area contributed by atoms with E-state index in [2.05, 4.69) is 0 Å². The topological polar surface area (TPSA) is 256 Å². The van der Waals surface area contributed by atoms with Gasteiger partial charge in [0.2, 0.25) is 5.78 Å². The summed E-state index contributed by atoms with van der Waals surface area (Å²) in [6, 6.07) is 5.88. The molecule has 41 heavy (non-hydrogen) atoms. The number of methoxy groups -OCH3 is 1. The predicted octanol–water partition coefficient (Wildman–Crippen LogP) is -2.62. The lowest BCUT2D eigenvalue weighted by atomic mass is 9.87. The smallest absolute Gasteiger partial charge is 0.200 e. The third-order valence-electron chi connectivity index (χ3n) is 7.15. The third kappa shape index (κ3) is 5.69. The van der Waals surface area contributed by atoms with Crippen LogP contribution in [0.3, 0.4) is 0 Å². The van der Waals surface area contributed by atoms with Crippen molar-refractivity contribution in [2.45, 2.75) is 61.2 Å². The summed E-state index contributed by atoms with van der Waals surface area (Å²) in [7, 11) is 1.16. The van der Waals surface area contributed by atoms with Gasteiger partial charge in [-0.05, 0) is 24.3 Å². The van der Waals surface area contributed by atoms with Crippen molar-refractivity contribution in [3.05, 3.63) is 47.0 Å². The van der Waals surface area contributed by atoms with Crippen molar-refractivity contribution in [2.24, 2.45) is 0 Å². The Hall–Kier alpha value is -3.09. The summed E-state index contributed by atoms with van der Waals surface area (Å²) in [6.45, 7) is -1.61. The van der Waals surface area contributed by atoms with Crippen molar-refractivity contribution in [3.8, 4) is 23.0 Å². The molecular formula is C26H32O15. The number of carbonyl (C=O) groups excluding carboxylic acids is 1. The van der Waals surface area contributed by atoms with Crippen LogP contribution in [-0.2, 0) is 14.2 Å². The van der Waals surface area contributed by atoms with E-state index in [1.807, 2.05) is 0 Å². The van der Waals surface area contributed by atoms with Gasteiger partial charge in [0.05, 0.1) is 25.9 Å². The average Bonchev–Trinajstić information content (AvgIpc) is 2.96. The molecule has 2 aromatic rings. The Kier molecular flexibility index (Phi) is 9.35. The number of aliphatic hydroxyl groups excluding tert-OH is 7. The van der Waals surface area contributed by atoms with Gasteiger partial charge >= 0.3 is 0 Å². The largest absolute Gasteiger partial charge is 0.508 e. The summed E-state index contributed by atoms with van der Waals surface area (Å²) in [5.74, 6) is -2.88. The number of hydrogen-bond donors (Lipinski definition) is 10. The first kappa shape index (κ1) is 30.9. The molecule has 0 bridgehead atoms. The van der Waals surface area contributed by atoms with Gasteiger partial charge in [0.15, 0.2) is 6.29 Å². The highest BCUT2D eigenvalue weighted by Gasteiger charge is 2.52. The minimum Gasteiger partial charge on any atom is -0.508 e. The van der Waals surface area contributed by atoms with Crippen LogP contribution in [0, 0.1) is 0 Å². The average molecular weight is 585 g/mol. The molecule has 15 nitrogen and oxygen atoms in total. The van der Waals surface area contributed by atoms with E-state index in [-0.39, 0.29) is 22.6 Å². The minimum atomic E-state index is -1.92. The number of aromatic hydroxyl groups is 3. The Morgan fingerprint density at radius 2 is 1.41 bits per heavy atom. The standard InChI is InChI=1S/C26H32O15/c1-38-12-6-11(30)15(17(31)9-2-4-10(29)5-3-9)20(34)16(12)24-25(22(36)19(33)13(7-27)39-24)41-26-23(37)21(35)18(32)14(8-28)40-26/h2-6,13-14,18-19,21-30,32-37H,7-8H2,1H3/t13-,14-,18+,19-,21+,22+,23-,24+,25-,26+/m1/s1. The van der Waals surface area contributed by atoms with Crippen LogP contribution in [0.2, 0.25) is 0 Å². The first-order valence-electron chi connectivity index (χ1n) is 12.5. The van der Waals surface area contributed by atoms with Crippen molar-refractivity contribution in [2.75, 3.05) is 20.3 Å². The Morgan fingerprint density at radius 1 is 0.829 bits per heavy atom. The summed E-state index contributed by atoms with van der Waals surface area (Å²) in [5, 5.41) is 103. The van der Waals surface area contributed by atoms with Crippen molar-refractivity contribution in [1.29, 1.82) is 0 Å². The molecule has 4 rings (SSSR count). The first-order valence-corrected chi connectivity index (χ1v) is 12.5. The van der Waals surface area contributed by atoms with Crippen LogP contribution in [0.25, 0.3) is 0 Å². The van der Waals surface area contributed by atoms with Crippen LogP contribution in [0.15, 0.2) is 30.3 Å². The highest BCUT2D eigenvalue weighted by atomic mass is 16.7. The fraction of sp³-hybridized carbons (Fsp3) is 0.500. The maximum Gasteiger partial charge on any atom is 0.200 e. The number of benzene rings is 2. The molecule has 0 spiro atoms. The molecule has 0 unspecified atom stereocenters. The van der Waals surface area contributed by atoms with Crippen molar-refractivity contribution in [3.63, 3.8) is 0 Å². The van der Waals surface area contributed by atoms with Crippen LogP contribution >= 0.6 is 0 Å². The van der Waals surface area contributed by atoms with Gasteiger partial charge in [-0.2, -0.15) is 0 Å². The normalized spacial score (nSPS) is 33.9. The maximum absolute atomic E-state index is 13.3. The SMILES string of the molecule is COc1cc(O)c(C(=O)c2ccc(O)cc2)c(O)c1[C@@H]1O[C@H](CO)[C@@H](O)[C@H](O)[C@H]1O[C@@H]1O[C@H](CO)[C@H](O)[C@H](O)[C@H]1O. The fourth-order valence-corrected chi connectivity index (χ4v) is 4.88. The Morgan fingerprint density at radius 3 is 2.00 bits per heavy atom. The van der Waals surface area contributed by atoms with E-state index in [4.69, 9.17) is 18.9 Å². The molecule has 0 saturated carbocycles. The van der Waals surface area contributed by atoms with E-state index in [1.54, 1.807) is 0 Å². The van der Waals surface area contributed by atoms with Crippen LogP contribution < -0.4 is 4.74 Å². The first-order chi connectivity index (χ1) is 19.4. The monoisotopic (exact) mass is 584 g/mol. The van der Waals surface area contributed by atoms with Crippen LogP contribution in [-0.4, -0.2) is 132 Å². The van der Waals surface area contributed by atoms with E-state index >= 15 is 0 Å². The van der Waals surface area contributed by atoms with Gasteiger partial charge in [-0.25, -0.2) is 0 Å². The Balaban J connectivity index is 1.81. The van der Waals surface area contributed by atoms with E-state index in [0.29, 0.717) is 0 Å². The van der Waals surface area contributed by atoms with E-state index in [9.17, 15) is 55.9 Å². The molecule has 0 aliphatic carbocycles. The summed E-state index contributed by atoms with van der Waals surface area (Å²) in [6.07, 6.45) is -17.3. The van der Waals surface area contributed by atoms with Crippen LogP contribution in [0.1, 0.15) is 27.6 Å². The van der Waals surface area contributed by atoms with Crippen molar-refractivity contribution < 1.29 is 74.8 Å². The molecule has 10 atom stereocenters. The summed E-state index contributed by atoms with van der Waals surface area (Å²) in [4.78, 5) is 13.3. The molecular weight excluding hydrogens is 552 g/mol. The molecule has 2 heterocycles. The molecule has 0 amide bonds. The third-order valence-corrected chi connectivity index (χ3v) is 7.15. The number of aliphatic hydroxyl groups is 7. The molecule has 0 aromatic heterocycles. The lowest BCUT2D eigenvalue weighted by Gasteiger charge is -2.46. The van der Waals surface area contributed by atoms with E-state index in [0.717, 1.165) is 13.2 Å². The van der Waals surface area contributed by atoms with Crippen LogP contribution in [0.4, 0.5) is 0 Å². The molecule has 15 heteroatoms. The molecule has 2 fully saturated rings. The van der Waals surface area contributed by atoms with Crippen LogP contribution in [0.5, 0.6) is 23.0 Å². The highest BCUT2D eigenvalue weighted by molar-refractivity contribution is 6.13. The molecule has 0 radical (unpaired) electrons. The molecule has 2 saturated heterocycles. The Labute approximate surface area is 232 Å². The number of ether oxygens (including phenoxy) is 4. The number of carbonyl (C=O) groups is 1. The fourth-order valence-electron chi connectivity index (χ4n) is 4.88. The second kappa shape index (κ2) is 12.4. The highest BCUT2D eigenvalue weighted by Crippen LogP contribution is 2.48. The molecule has 2 aliphatic heterocycles. The number of ketones is 1. The number of phenolic OH excluding ortho intramolecular Hbond substituents is 3. The lowest BCUT2D eigenvalue weighted by molar-refractivity contribution is -0.342. The quantitative estimate of drug-likeness (QED) is 0.143. The lowest BCUT2D eigenvalue weighted by Crippen LogP contribution is -2.62. The second-order valence-electron chi connectivity index (χ2n) is 9.67. The van der Waals surface area contributed by atoms with Gasteiger partial charge in [-0.1, -0.05) is 0 Å². The maximum atomic E-state index is 13.3. The number of rotatable bonds is 8.